The zero-order valence-corrected chi connectivity index (χ0v) is 18.3. The molecule has 4 aromatic rings. The van der Waals surface area contributed by atoms with Crippen molar-refractivity contribution in [2.45, 2.75) is 26.2 Å². The van der Waals surface area contributed by atoms with Gasteiger partial charge in [-0.15, -0.1) is 0 Å². The van der Waals surface area contributed by atoms with Gasteiger partial charge in [-0.2, -0.15) is 0 Å². The number of para-hydroxylation sites is 2. The fraction of sp³-hybridized carbons (Fsp3) is 0.133. The smallest absolute Gasteiger partial charge is 0.0462 e. The summed E-state index contributed by atoms with van der Waals surface area (Å²) >= 11 is 0. The van der Waals surface area contributed by atoms with E-state index in [0.717, 1.165) is 17.1 Å². The van der Waals surface area contributed by atoms with Crippen LogP contribution in [0.25, 0.3) is 12.2 Å². The van der Waals surface area contributed by atoms with Crippen LogP contribution in [-0.2, 0) is 0 Å². The number of hydrogen-bond acceptors (Lipinski definition) is 1. The van der Waals surface area contributed by atoms with E-state index in [1.807, 2.05) is 0 Å². The predicted molar refractivity (Wildman–Crippen MR) is 135 cm³/mol. The molecule has 0 aliphatic heterocycles. The van der Waals surface area contributed by atoms with E-state index >= 15 is 0 Å². The molecule has 1 heteroatoms. The maximum atomic E-state index is 2.28. The molecule has 4 rings (SSSR count). The highest BCUT2D eigenvalue weighted by Gasteiger charge is 2.11. The molecule has 31 heavy (non-hydrogen) atoms. The molecule has 0 saturated carbocycles. The Kier molecular flexibility index (Phi) is 6.64. The Bertz CT molecular complexity index is 1060. The minimum atomic E-state index is 0.614. The molecule has 0 aliphatic carbocycles. The molecule has 1 atom stereocenters. The summed E-state index contributed by atoms with van der Waals surface area (Å²) in [5.41, 5.74) is 7.28. The van der Waals surface area contributed by atoms with Gasteiger partial charge in [0.1, 0.15) is 0 Å². The van der Waals surface area contributed by atoms with Crippen molar-refractivity contribution in [2.75, 3.05) is 4.90 Å². The Morgan fingerprint density at radius 2 is 1.00 bits per heavy atom. The summed E-state index contributed by atoms with van der Waals surface area (Å²) in [5.74, 6) is 0.614. The minimum Gasteiger partial charge on any atom is -0.311 e. The van der Waals surface area contributed by atoms with E-state index in [4.69, 9.17) is 0 Å². The highest BCUT2D eigenvalue weighted by atomic mass is 15.1. The van der Waals surface area contributed by atoms with Gasteiger partial charge >= 0.3 is 0 Å². The van der Waals surface area contributed by atoms with Gasteiger partial charge in [0.05, 0.1) is 0 Å². The van der Waals surface area contributed by atoms with Gasteiger partial charge in [-0.1, -0.05) is 98.8 Å². The number of nitrogens with zero attached hydrogens (tertiary/aromatic N) is 1. The van der Waals surface area contributed by atoms with E-state index in [0.29, 0.717) is 5.92 Å². The standard InChI is InChI=1S/C30H29N/c1-3-24(2)27-20-16-25(17-21-27)14-15-26-18-22-30(23-19-26)31(28-10-6-4-7-11-28)29-12-8-5-9-13-29/h4-24H,3H2,1-2H3. The topological polar surface area (TPSA) is 3.24 Å². The first-order valence-corrected chi connectivity index (χ1v) is 11.0. The van der Waals surface area contributed by atoms with Crippen molar-refractivity contribution in [3.05, 3.63) is 126 Å². The lowest BCUT2D eigenvalue weighted by Crippen LogP contribution is -2.09. The SMILES string of the molecule is CCC(C)c1ccc(C=Cc2ccc(N(c3ccccc3)c3ccccc3)cc2)cc1. The second kappa shape index (κ2) is 9.95. The van der Waals surface area contributed by atoms with E-state index in [-0.39, 0.29) is 0 Å². The molecular weight excluding hydrogens is 374 g/mol. The number of hydrogen-bond donors (Lipinski definition) is 0. The summed E-state index contributed by atoms with van der Waals surface area (Å²) in [6.07, 6.45) is 5.53. The lowest BCUT2D eigenvalue weighted by molar-refractivity contribution is 0.733. The molecular formula is C30H29N. The van der Waals surface area contributed by atoms with Crippen molar-refractivity contribution >= 4 is 29.2 Å². The van der Waals surface area contributed by atoms with Crippen LogP contribution in [0.3, 0.4) is 0 Å². The van der Waals surface area contributed by atoms with Crippen LogP contribution in [0, 0.1) is 0 Å². The number of benzene rings is 4. The van der Waals surface area contributed by atoms with Gasteiger partial charge < -0.3 is 4.90 Å². The second-order valence-electron chi connectivity index (χ2n) is 7.91. The van der Waals surface area contributed by atoms with Crippen LogP contribution in [0.4, 0.5) is 17.1 Å². The van der Waals surface area contributed by atoms with Crippen LogP contribution < -0.4 is 4.90 Å². The van der Waals surface area contributed by atoms with Crippen molar-refractivity contribution < 1.29 is 0 Å². The molecule has 0 radical (unpaired) electrons. The monoisotopic (exact) mass is 403 g/mol. The average Bonchev–Trinajstić information content (AvgIpc) is 2.85. The molecule has 1 unspecified atom stereocenters. The van der Waals surface area contributed by atoms with Gasteiger partial charge in [-0.05, 0) is 65.4 Å². The van der Waals surface area contributed by atoms with Gasteiger partial charge in [-0.25, -0.2) is 0 Å². The van der Waals surface area contributed by atoms with Gasteiger partial charge in [0.2, 0.25) is 0 Å². The third-order valence-electron chi connectivity index (χ3n) is 5.77. The molecule has 0 N–H and O–H groups in total. The van der Waals surface area contributed by atoms with Crippen LogP contribution in [0.1, 0.15) is 42.9 Å². The highest BCUT2D eigenvalue weighted by molar-refractivity contribution is 5.78. The third-order valence-corrected chi connectivity index (χ3v) is 5.77. The largest absolute Gasteiger partial charge is 0.311 e. The Morgan fingerprint density at radius 3 is 1.45 bits per heavy atom. The Balaban J connectivity index is 1.55. The zero-order chi connectivity index (χ0) is 21.5. The van der Waals surface area contributed by atoms with Crippen LogP contribution in [0.2, 0.25) is 0 Å². The Hall–Kier alpha value is -3.58. The summed E-state index contributed by atoms with van der Waals surface area (Å²) in [6, 6.07) is 38.6. The molecule has 0 aliphatic rings. The van der Waals surface area contributed by atoms with E-state index < -0.39 is 0 Å². The highest BCUT2D eigenvalue weighted by Crippen LogP contribution is 2.34. The molecule has 0 amide bonds. The molecule has 0 spiro atoms. The molecule has 154 valence electrons. The Morgan fingerprint density at radius 1 is 0.581 bits per heavy atom. The molecule has 0 aromatic heterocycles. The second-order valence-corrected chi connectivity index (χ2v) is 7.91. The van der Waals surface area contributed by atoms with Gasteiger partial charge in [0.25, 0.3) is 0 Å². The lowest BCUT2D eigenvalue weighted by atomic mass is 9.97. The lowest BCUT2D eigenvalue weighted by Gasteiger charge is -2.25. The maximum absolute atomic E-state index is 2.28. The first-order valence-electron chi connectivity index (χ1n) is 11.0. The van der Waals surface area contributed by atoms with E-state index in [2.05, 4.69) is 140 Å². The summed E-state index contributed by atoms with van der Waals surface area (Å²) in [7, 11) is 0. The molecule has 1 nitrogen and oxygen atoms in total. The van der Waals surface area contributed by atoms with Gasteiger partial charge in [0.15, 0.2) is 0 Å². The maximum Gasteiger partial charge on any atom is 0.0462 e. The molecule has 0 saturated heterocycles. The first-order chi connectivity index (χ1) is 15.2. The third kappa shape index (κ3) is 5.13. The molecule has 0 fully saturated rings. The van der Waals surface area contributed by atoms with Crippen LogP contribution in [-0.4, -0.2) is 0 Å². The van der Waals surface area contributed by atoms with Crippen LogP contribution >= 0.6 is 0 Å². The predicted octanol–water partition coefficient (Wildman–Crippen LogP) is 8.84. The van der Waals surface area contributed by atoms with E-state index in [1.165, 1.54) is 23.1 Å². The van der Waals surface area contributed by atoms with Crippen molar-refractivity contribution in [2.24, 2.45) is 0 Å². The van der Waals surface area contributed by atoms with Crippen molar-refractivity contribution in [1.82, 2.24) is 0 Å². The summed E-state index contributed by atoms with van der Waals surface area (Å²) < 4.78 is 0. The Labute approximate surface area is 186 Å². The van der Waals surface area contributed by atoms with E-state index in [9.17, 15) is 0 Å². The summed E-state index contributed by atoms with van der Waals surface area (Å²) in [5, 5.41) is 0. The van der Waals surface area contributed by atoms with Crippen molar-refractivity contribution in [3.8, 4) is 0 Å². The molecule has 0 heterocycles. The zero-order valence-electron chi connectivity index (χ0n) is 18.3. The van der Waals surface area contributed by atoms with Crippen LogP contribution in [0.5, 0.6) is 0 Å². The van der Waals surface area contributed by atoms with Crippen molar-refractivity contribution in [3.63, 3.8) is 0 Å². The summed E-state index contributed by atoms with van der Waals surface area (Å²) in [6.45, 7) is 4.51. The fourth-order valence-corrected chi connectivity index (χ4v) is 3.70. The fourth-order valence-electron chi connectivity index (χ4n) is 3.70. The summed E-state index contributed by atoms with van der Waals surface area (Å²) in [4.78, 5) is 2.28. The van der Waals surface area contributed by atoms with Gasteiger partial charge in [0, 0.05) is 17.1 Å². The average molecular weight is 404 g/mol. The van der Waals surface area contributed by atoms with Crippen LogP contribution in [0.15, 0.2) is 109 Å². The normalized spacial score (nSPS) is 12.1. The van der Waals surface area contributed by atoms with E-state index in [1.54, 1.807) is 0 Å². The van der Waals surface area contributed by atoms with Gasteiger partial charge in [-0.3, -0.25) is 0 Å². The minimum absolute atomic E-state index is 0.614. The molecule has 4 aromatic carbocycles. The molecule has 0 bridgehead atoms. The number of anilines is 3. The number of rotatable bonds is 7. The first kappa shape index (κ1) is 20.7. The quantitative estimate of drug-likeness (QED) is 0.279. The van der Waals surface area contributed by atoms with Crippen molar-refractivity contribution in [1.29, 1.82) is 0 Å².